The van der Waals surface area contributed by atoms with Crippen molar-refractivity contribution in [3.05, 3.63) is 29.6 Å². The minimum Gasteiger partial charge on any atom is -0.399 e. The van der Waals surface area contributed by atoms with Crippen LogP contribution in [0.3, 0.4) is 0 Å². The van der Waals surface area contributed by atoms with Gasteiger partial charge < -0.3 is 10.6 Å². The number of benzene rings is 1. The van der Waals surface area contributed by atoms with Crippen LogP contribution in [-0.4, -0.2) is 24.4 Å². The maximum atomic E-state index is 13.1. The van der Waals surface area contributed by atoms with Crippen LogP contribution in [0.5, 0.6) is 0 Å². The van der Waals surface area contributed by atoms with Gasteiger partial charge in [-0.2, -0.15) is 0 Å². The van der Waals surface area contributed by atoms with E-state index >= 15 is 0 Å². The van der Waals surface area contributed by atoms with Crippen LogP contribution < -0.4 is 5.73 Å². The normalized spacial score (nSPS) is 14.9. The Balaban J connectivity index is 2.12. The van der Waals surface area contributed by atoms with Gasteiger partial charge in [0.1, 0.15) is 5.82 Å². The van der Waals surface area contributed by atoms with Crippen molar-refractivity contribution >= 4 is 11.6 Å². The fraction of sp³-hybridized carbons (Fsp3) is 0.417. The molecule has 0 spiro atoms. The number of nitrogens with zero attached hydrogens (tertiary/aromatic N) is 1. The zero-order chi connectivity index (χ0) is 11.7. The molecule has 0 saturated heterocycles. The Bertz CT molecular complexity index is 395. The van der Waals surface area contributed by atoms with Gasteiger partial charge in [0, 0.05) is 24.8 Å². The van der Waals surface area contributed by atoms with Crippen LogP contribution in [0.1, 0.15) is 23.2 Å². The standard InChI is InChI=1S/C12H15FN2O/c1-15(7-8-2-3-8)12(16)9-4-10(13)6-11(14)5-9/h4-6,8H,2-3,7,14H2,1H3. The first-order chi connectivity index (χ1) is 7.56. The van der Waals surface area contributed by atoms with Crippen LogP contribution in [0.4, 0.5) is 10.1 Å². The Kier molecular flexibility index (Phi) is 2.81. The Morgan fingerprint density at radius 2 is 2.19 bits per heavy atom. The highest BCUT2D eigenvalue weighted by atomic mass is 19.1. The molecule has 0 aliphatic heterocycles. The smallest absolute Gasteiger partial charge is 0.253 e. The number of nitrogen functional groups attached to an aromatic ring is 1. The number of halogens is 1. The van der Waals surface area contributed by atoms with E-state index in [9.17, 15) is 9.18 Å². The summed E-state index contributed by atoms with van der Waals surface area (Å²) in [6, 6.07) is 3.94. The van der Waals surface area contributed by atoms with Gasteiger partial charge >= 0.3 is 0 Å². The minimum absolute atomic E-state index is 0.168. The van der Waals surface area contributed by atoms with Gasteiger partial charge in [-0.15, -0.1) is 0 Å². The van der Waals surface area contributed by atoms with Crippen molar-refractivity contribution in [2.75, 3.05) is 19.3 Å². The molecule has 0 unspecified atom stereocenters. The highest BCUT2D eigenvalue weighted by molar-refractivity contribution is 5.94. The van der Waals surface area contributed by atoms with Crippen molar-refractivity contribution in [1.82, 2.24) is 4.90 Å². The quantitative estimate of drug-likeness (QED) is 0.794. The second-order valence-electron chi connectivity index (χ2n) is 4.40. The van der Waals surface area contributed by atoms with Gasteiger partial charge in [0.2, 0.25) is 0 Å². The molecule has 1 aliphatic carbocycles. The molecule has 1 aliphatic rings. The third-order valence-corrected chi connectivity index (χ3v) is 2.74. The molecule has 1 aromatic carbocycles. The zero-order valence-electron chi connectivity index (χ0n) is 9.24. The topological polar surface area (TPSA) is 46.3 Å². The molecule has 0 atom stereocenters. The molecule has 86 valence electrons. The van der Waals surface area contributed by atoms with Crippen LogP contribution in [0, 0.1) is 11.7 Å². The second-order valence-corrected chi connectivity index (χ2v) is 4.40. The molecule has 0 heterocycles. The van der Waals surface area contributed by atoms with Crippen LogP contribution in [0.25, 0.3) is 0 Å². The summed E-state index contributed by atoms with van der Waals surface area (Å²) < 4.78 is 13.1. The summed E-state index contributed by atoms with van der Waals surface area (Å²) in [4.78, 5) is 13.5. The van der Waals surface area contributed by atoms with E-state index in [1.165, 1.54) is 31.0 Å². The van der Waals surface area contributed by atoms with Gasteiger partial charge in [0.25, 0.3) is 5.91 Å². The lowest BCUT2D eigenvalue weighted by Crippen LogP contribution is -2.28. The van der Waals surface area contributed by atoms with Crippen molar-refractivity contribution in [1.29, 1.82) is 0 Å². The summed E-state index contributed by atoms with van der Waals surface area (Å²) in [5.74, 6) is -0.0128. The van der Waals surface area contributed by atoms with E-state index in [0.29, 0.717) is 11.5 Å². The number of amides is 1. The van der Waals surface area contributed by atoms with Gasteiger partial charge in [-0.3, -0.25) is 4.79 Å². The first-order valence-electron chi connectivity index (χ1n) is 5.38. The lowest BCUT2D eigenvalue weighted by molar-refractivity contribution is 0.0788. The number of hydrogen-bond acceptors (Lipinski definition) is 2. The summed E-state index contributed by atoms with van der Waals surface area (Å²) in [5, 5.41) is 0. The Labute approximate surface area is 94.0 Å². The predicted molar refractivity (Wildman–Crippen MR) is 60.5 cm³/mol. The van der Waals surface area contributed by atoms with Crippen LogP contribution in [0.2, 0.25) is 0 Å². The third-order valence-electron chi connectivity index (χ3n) is 2.74. The first-order valence-corrected chi connectivity index (χ1v) is 5.38. The summed E-state index contributed by atoms with van der Waals surface area (Å²) in [6.07, 6.45) is 2.37. The van der Waals surface area contributed by atoms with E-state index < -0.39 is 5.82 Å². The van der Waals surface area contributed by atoms with Gasteiger partial charge in [-0.05, 0) is 37.0 Å². The van der Waals surface area contributed by atoms with E-state index in [-0.39, 0.29) is 11.6 Å². The van der Waals surface area contributed by atoms with Crippen molar-refractivity contribution in [3.63, 3.8) is 0 Å². The molecule has 0 aromatic heterocycles. The molecule has 2 N–H and O–H groups in total. The summed E-state index contributed by atoms with van der Waals surface area (Å²) in [7, 11) is 1.74. The fourth-order valence-electron chi connectivity index (χ4n) is 1.73. The van der Waals surface area contributed by atoms with Gasteiger partial charge in [-0.25, -0.2) is 4.39 Å². The lowest BCUT2D eigenvalue weighted by Gasteiger charge is -2.17. The average Bonchev–Trinajstić information content (AvgIpc) is 2.99. The molecule has 0 radical (unpaired) electrons. The second kappa shape index (κ2) is 4.12. The Morgan fingerprint density at radius 3 is 2.75 bits per heavy atom. The lowest BCUT2D eigenvalue weighted by atomic mass is 10.1. The third kappa shape index (κ3) is 2.51. The number of carbonyl (C=O) groups excluding carboxylic acids is 1. The van der Waals surface area contributed by atoms with Crippen molar-refractivity contribution in [2.45, 2.75) is 12.8 Å². The van der Waals surface area contributed by atoms with E-state index in [1.807, 2.05) is 0 Å². The predicted octanol–water partition coefficient (Wildman–Crippen LogP) is 1.89. The van der Waals surface area contributed by atoms with Gasteiger partial charge in [-0.1, -0.05) is 0 Å². The van der Waals surface area contributed by atoms with E-state index in [2.05, 4.69) is 0 Å². The molecule has 0 bridgehead atoms. The first kappa shape index (κ1) is 10.9. The summed E-state index contributed by atoms with van der Waals surface area (Å²) in [6.45, 7) is 0.745. The van der Waals surface area contributed by atoms with Gasteiger partial charge in [0.05, 0.1) is 0 Å². The molecular weight excluding hydrogens is 207 g/mol. The zero-order valence-corrected chi connectivity index (χ0v) is 9.24. The van der Waals surface area contributed by atoms with Crippen molar-refractivity contribution < 1.29 is 9.18 Å². The van der Waals surface area contributed by atoms with Crippen LogP contribution >= 0.6 is 0 Å². The SMILES string of the molecule is CN(CC1CC1)C(=O)c1cc(N)cc(F)c1. The fourth-order valence-corrected chi connectivity index (χ4v) is 1.73. The minimum atomic E-state index is -0.469. The number of rotatable bonds is 3. The Morgan fingerprint density at radius 1 is 1.50 bits per heavy atom. The molecular formula is C12H15FN2O. The van der Waals surface area contributed by atoms with Crippen molar-refractivity contribution in [3.8, 4) is 0 Å². The summed E-state index contributed by atoms with van der Waals surface area (Å²) in [5.41, 5.74) is 6.10. The average molecular weight is 222 g/mol. The summed E-state index contributed by atoms with van der Waals surface area (Å²) >= 11 is 0. The molecule has 3 nitrogen and oxygen atoms in total. The molecule has 16 heavy (non-hydrogen) atoms. The van der Waals surface area contributed by atoms with E-state index in [0.717, 1.165) is 6.54 Å². The maximum Gasteiger partial charge on any atom is 0.253 e. The monoisotopic (exact) mass is 222 g/mol. The van der Waals surface area contributed by atoms with E-state index in [1.54, 1.807) is 11.9 Å². The maximum absolute atomic E-state index is 13.1. The molecule has 1 fully saturated rings. The number of hydrogen-bond donors (Lipinski definition) is 1. The molecule has 1 amide bonds. The molecule has 1 saturated carbocycles. The largest absolute Gasteiger partial charge is 0.399 e. The highest BCUT2D eigenvalue weighted by Gasteiger charge is 2.25. The number of nitrogens with two attached hydrogens (primary N) is 1. The highest BCUT2D eigenvalue weighted by Crippen LogP contribution is 2.29. The van der Waals surface area contributed by atoms with Crippen molar-refractivity contribution in [2.24, 2.45) is 5.92 Å². The number of anilines is 1. The molecule has 2 rings (SSSR count). The van der Waals surface area contributed by atoms with Crippen LogP contribution in [-0.2, 0) is 0 Å². The van der Waals surface area contributed by atoms with Gasteiger partial charge in [0.15, 0.2) is 0 Å². The molecule has 4 heteroatoms. The van der Waals surface area contributed by atoms with Crippen LogP contribution in [0.15, 0.2) is 18.2 Å². The number of carbonyl (C=O) groups is 1. The molecule has 1 aromatic rings. The van der Waals surface area contributed by atoms with E-state index in [4.69, 9.17) is 5.73 Å². The Hall–Kier alpha value is -1.58.